The highest BCUT2D eigenvalue weighted by molar-refractivity contribution is 5.73. The second-order valence-electron chi connectivity index (χ2n) is 3.26. The molecule has 0 aliphatic carbocycles. The Balaban J connectivity index is 3.17. The van der Waals surface area contributed by atoms with Crippen LogP contribution in [0, 0.1) is 0 Å². The molecule has 0 aliphatic heterocycles. The van der Waals surface area contributed by atoms with Crippen molar-refractivity contribution in [1.29, 1.82) is 0 Å². The van der Waals surface area contributed by atoms with E-state index in [9.17, 15) is 4.79 Å². The van der Waals surface area contributed by atoms with Crippen molar-refractivity contribution < 1.29 is 14.3 Å². The van der Waals surface area contributed by atoms with Gasteiger partial charge >= 0.3 is 0 Å². The fraction of sp³-hybridized carbons (Fsp3) is 0.889. The molecule has 14 heavy (non-hydrogen) atoms. The highest BCUT2D eigenvalue weighted by Crippen LogP contribution is 1.93. The lowest BCUT2D eigenvalue weighted by molar-refractivity contribution is -0.119. The molecule has 0 aromatic rings. The van der Waals surface area contributed by atoms with Crippen LogP contribution < -0.4 is 5.73 Å². The molecule has 0 aromatic heterocycles. The molecule has 0 heterocycles. The minimum absolute atomic E-state index is 0.0785. The third-order valence-electron chi connectivity index (χ3n) is 1.81. The summed E-state index contributed by atoms with van der Waals surface area (Å²) in [6.07, 6.45) is 0.346. The van der Waals surface area contributed by atoms with Gasteiger partial charge in [0.15, 0.2) is 0 Å². The maximum absolute atomic E-state index is 10.3. The number of hydrogen-bond acceptors (Lipinski definition) is 4. The van der Waals surface area contributed by atoms with Crippen LogP contribution in [0.15, 0.2) is 0 Å². The van der Waals surface area contributed by atoms with Gasteiger partial charge in [-0.25, -0.2) is 0 Å². The summed E-state index contributed by atoms with van der Waals surface area (Å²) >= 11 is 0. The van der Waals surface area contributed by atoms with E-state index in [4.69, 9.17) is 15.2 Å². The quantitative estimate of drug-likeness (QED) is 0.439. The van der Waals surface area contributed by atoms with Crippen molar-refractivity contribution in [3.05, 3.63) is 0 Å². The van der Waals surface area contributed by atoms with Crippen molar-refractivity contribution in [1.82, 2.24) is 4.90 Å². The molecule has 0 saturated carbocycles. The van der Waals surface area contributed by atoms with Crippen LogP contribution in [-0.4, -0.2) is 51.0 Å². The van der Waals surface area contributed by atoms with E-state index in [-0.39, 0.29) is 18.6 Å². The van der Waals surface area contributed by atoms with E-state index in [1.165, 1.54) is 0 Å². The van der Waals surface area contributed by atoms with Crippen LogP contribution in [0.25, 0.3) is 0 Å². The lowest BCUT2D eigenvalue weighted by Crippen LogP contribution is -2.28. The Morgan fingerprint density at radius 1 is 1.36 bits per heavy atom. The molecule has 5 heteroatoms. The van der Waals surface area contributed by atoms with Crippen LogP contribution in [0.5, 0.6) is 0 Å². The molecule has 0 fully saturated rings. The first-order valence-corrected chi connectivity index (χ1v) is 4.68. The third kappa shape index (κ3) is 7.97. The number of ether oxygens (including phenoxy) is 2. The zero-order valence-electron chi connectivity index (χ0n) is 9.16. The highest BCUT2D eigenvalue weighted by atomic mass is 16.5. The van der Waals surface area contributed by atoms with E-state index in [1.54, 1.807) is 0 Å². The Bertz CT molecular complexity index is 162. The number of hydrogen-bond donors (Lipinski definition) is 1. The summed E-state index contributed by atoms with van der Waals surface area (Å²) in [6, 6.07) is 0. The SMILES string of the molecule is CC(OCCOCCC(N)=O)N(C)C. The molecule has 1 unspecified atom stereocenters. The van der Waals surface area contributed by atoms with Gasteiger partial charge in [0, 0.05) is 6.42 Å². The number of nitrogens with zero attached hydrogens (tertiary/aromatic N) is 1. The molecule has 0 aromatic carbocycles. The summed E-state index contributed by atoms with van der Waals surface area (Å²) in [7, 11) is 3.89. The number of carbonyl (C=O) groups excluding carboxylic acids is 1. The number of rotatable bonds is 8. The molecular formula is C9H20N2O3. The van der Waals surface area contributed by atoms with Crippen LogP contribution >= 0.6 is 0 Å². The monoisotopic (exact) mass is 204 g/mol. The van der Waals surface area contributed by atoms with Gasteiger partial charge in [0.1, 0.15) is 6.23 Å². The van der Waals surface area contributed by atoms with Gasteiger partial charge in [-0.3, -0.25) is 9.69 Å². The van der Waals surface area contributed by atoms with E-state index >= 15 is 0 Å². The summed E-state index contributed by atoms with van der Waals surface area (Å²) < 4.78 is 10.5. The number of carbonyl (C=O) groups is 1. The molecule has 0 rings (SSSR count). The van der Waals surface area contributed by atoms with Crippen LogP contribution in [-0.2, 0) is 14.3 Å². The van der Waals surface area contributed by atoms with Crippen LogP contribution in [0.2, 0.25) is 0 Å². The van der Waals surface area contributed by atoms with Crippen LogP contribution in [0.1, 0.15) is 13.3 Å². The van der Waals surface area contributed by atoms with Gasteiger partial charge < -0.3 is 15.2 Å². The fourth-order valence-electron chi connectivity index (χ4n) is 0.701. The van der Waals surface area contributed by atoms with Crippen molar-refractivity contribution >= 4 is 5.91 Å². The maximum Gasteiger partial charge on any atom is 0.219 e. The lowest BCUT2D eigenvalue weighted by Gasteiger charge is -2.19. The normalized spacial score (nSPS) is 13.1. The molecule has 0 spiro atoms. The molecule has 0 bridgehead atoms. The molecule has 1 amide bonds. The third-order valence-corrected chi connectivity index (χ3v) is 1.81. The number of primary amides is 1. The van der Waals surface area contributed by atoms with E-state index in [0.717, 1.165) is 0 Å². The highest BCUT2D eigenvalue weighted by Gasteiger charge is 2.03. The Labute approximate surface area is 85.1 Å². The molecule has 0 radical (unpaired) electrons. The molecule has 5 nitrogen and oxygen atoms in total. The predicted octanol–water partition coefficient (Wildman–Crippen LogP) is -0.197. The molecule has 0 saturated heterocycles. The smallest absolute Gasteiger partial charge is 0.219 e. The second kappa shape index (κ2) is 7.73. The van der Waals surface area contributed by atoms with Crippen molar-refractivity contribution in [2.24, 2.45) is 5.73 Å². The number of nitrogens with two attached hydrogens (primary N) is 1. The first-order valence-electron chi connectivity index (χ1n) is 4.68. The first kappa shape index (κ1) is 13.4. The molecule has 0 aliphatic rings. The summed E-state index contributed by atoms with van der Waals surface area (Å²) in [5.41, 5.74) is 4.94. The molecular weight excluding hydrogens is 184 g/mol. The Kier molecular flexibility index (Phi) is 7.37. The molecule has 2 N–H and O–H groups in total. The van der Waals surface area contributed by atoms with Crippen LogP contribution in [0.3, 0.4) is 0 Å². The second-order valence-corrected chi connectivity index (χ2v) is 3.26. The zero-order valence-corrected chi connectivity index (χ0v) is 9.16. The van der Waals surface area contributed by atoms with Gasteiger partial charge in [-0.1, -0.05) is 0 Å². The molecule has 84 valence electrons. The van der Waals surface area contributed by atoms with E-state index < -0.39 is 0 Å². The van der Waals surface area contributed by atoms with Crippen molar-refractivity contribution in [3.8, 4) is 0 Å². The largest absolute Gasteiger partial charge is 0.379 e. The summed E-state index contributed by atoms with van der Waals surface area (Å²) in [4.78, 5) is 12.3. The van der Waals surface area contributed by atoms with E-state index in [0.29, 0.717) is 19.8 Å². The van der Waals surface area contributed by atoms with Gasteiger partial charge in [0.25, 0.3) is 0 Å². The summed E-state index contributed by atoms with van der Waals surface area (Å²) in [6.45, 7) is 3.35. The van der Waals surface area contributed by atoms with Crippen molar-refractivity contribution in [2.45, 2.75) is 19.6 Å². The predicted molar refractivity (Wildman–Crippen MR) is 53.7 cm³/mol. The fourth-order valence-corrected chi connectivity index (χ4v) is 0.701. The minimum Gasteiger partial charge on any atom is -0.379 e. The van der Waals surface area contributed by atoms with Gasteiger partial charge in [-0.2, -0.15) is 0 Å². The van der Waals surface area contributed by atoms with Crippen molar-refractivity contribution in [3.63, 3.8) is 0 Å². The average molecular weight is 204 g/mol. The van der Waals surface area contributed by atoms with Gasteiger partial charge in [-0.05, 0) is 21.0 Å². The Hall–Kier alpha value is -0.650. The van der Waals surface area contributed by atoms with E-state index in [2.05, 4.69) is 0 Å². The van der Waals surface area contributed by atoms with Crippen molar-refractivity contribution in [2.75, 3.05) is 33.9 Å². The maximum atomic E-state index is 10.3. The minimum atomic E-state index is -0.340. The van der Waals surface area contributed by atoms with Gasteiger partial charge in [-0.15, -0.1) is 0 Å². The Morgan fingerprint density at radius 2 is 2.00 bits per heavy atom. The Morgan fingerprint density at radius 3 is 2.50 bits per heavy atom. The van der Waals surface area contributed by atoms with E-state index in [1.807, 2.05) is 25.9 Å². The average Bonchev–Trinajstić information content (AvgIpc) is 2.09. The lowest BCUT2D eigenvalue weighted by atomic mass is 10.4. The number of amides is 1. The summed E-state index contributed by atoms with van der Waals surface area (Å²) in [5.74, 6) is -0.340. The zero-order chi connectivity index (χ0) is 11.0. The standard InChI is InChI=1S/C9H20N2O3/c1-8(11(2)3)14-7-6-13-5-4-9(10)12/h8H,4-7H2,1-3H3,(H2,10,12). The first-order chi connectivity index (χ1) is 6.54. The topological polar surface area (TPSA) is 64.8 Å². The summed E-state index contributed by atoms with van der Waals surface area (Å²) in [5, 5.41) is 0. The van der Waals surface area contributed by atoms with Crippen LogP contribution in [0.4, 0.5) is 0 Å². The molecule has 1 atom stereocenters. The van der Waals surface area contributed by atoms with Gasteiger partial charge in [0.05, 0.1) is 19.8 Å². The van der Waals surface area contributed by atoms with Gasteiger partial charge in [0.2, 0.25) is 5.91 Å².